The quantitative estimate of drug-likeness (QED) is 0.823. The van der Waals surface area contributed by atoms with E-state index in [9.17, 15) is 4.79 Å². The van der Waals surface area contributed by atoms with E-state index in [0.29, 0.717) is 5.82 Å². The highest BCUT2D eigenvalue weighted by atomic mass is 16.1. The van der Waals surface area contributed by atoms with Crippen molar-refractivity contribution in [3.05, 3.63) is 22.2 Å². The lowest BCUT2D eigenvalue weighted by atomic mass is 10.3. The van der Waals surface area contributed by atoms with Crippen LogP contribution in [-0.2, 0) is 0 Å². The summed E-state index contributed by atoms with van der Waals surface area (Å²) in [6, 6.07) is 1.60. The maximum atomic E-state index is 11.4. The molecule has 2 rings (SSSR count). The number of hydrogen-bond acceptors (Lipinski definition) is 3. The number of nitrogens with one attached hydrogen (secondary N) is 1. The van der Waals surface area contributed by atoms with E-state index in [1.807, 2.05) is 6.92 Å². The van der Waals surface area contributed by atoms with Crippen LogP contribution >= 0.6 is 0 Å². The number of aryl methyl sites for hydroxylation is 1. The van der Waals surface area contributed by atoms with Gasteiger partial charge in [0.15, 0.2) is 0 Å². The van der Waals surface area contributed by atoms with Gasteiger partial charge in [-0.05, 0) is 32.1 Å². The molecule has 0 atom stereocenters. The van der Waals surface area contributed by atoms with E-state index < -0.39 is 0 Å². The minimum atomic E-state index is -0.0561. The summed E-state index contributed by atoms with van der Waals surface area (Å²) in [5, 5.41) is 0. The van der Waals surface area contributed by atoms with Crippen LogP contribution in [0.3, 0.4) is 0 Å². The third-order valence-corrected chi connectivity index (χ3v) is 2.84. The monoisotopic (exact) mass is 221 g/mol. The predicted molar refractivity (Wildman–Crippen MR) is 64.8 cm³/mol. The molecule has 4 heteroatoms. The number of aromatic nitrogens is 2. The summed E-state index contributed by atoms with van der Waals surface area (Å²) in [5.74, 6) is 2.34. The Kier molecular flexibility index (Phi) is 3.27. The zero-order chi connectivity index (χ0) is 11.5. The Morgan fingerprint density at radius 3 is 2.88 bits per heavy atom. The zero-order valence-corrected chi connectivity index (χ0v) is 9.99. The van der Waals surface area contributed by atoms with Crippen LogP contribution in [0.15, 0.2) is 10.9 Å². The fourth-order valence-corrected chi connectivity index (χ4v) is 1.91. The highest BCUT2D eigenvalue weighted by Gasteiger charge is 2.24. The van der Waals surface area contributed by atoms with Crippen LogP contribution in [0.2, 0.25) is 0 Å². The van der Waals surface area contributed by atoms with E-state index in [-0.39, 0.29) is 5.56 Å². The van der Waals surface area contributed by atoms with Gasteiger partial charge in [-0.2, -0.15) is 0 Å². The van der Waals surface area contributed by atoms with Gasteiger partial charge in [0.2, 0.25) is 0 Å². The van der Waals surface area contributed by atoms with Gasteiger partial charge in [0.25, 0.3) is 5.56 Å². The summed E-state index contributed by atoms with van der Waals surface area (Å²) < 4.78 is 0. The van der Waals surface area contributed by atoms with Gasteiger partial charge in [-0.15, -0.1) is 0 Å². The summed E-state index contributed by atoms with van der Waals surface area (Å²) in [5.41, 5.74) is -0.0561. The summed E-state index contributed by atoms with van der Waals surface area (Å²) in [6.07, 6.45) is 3.73. The minimum Gasteiger partial charge on any atom is -0.356 e. The molecule has 1 aliphatic rings. The molecule has 1 saturated carbocycles. The second-order valence-electron chi connectivity index (χ2n) is 4.58. The van der Waals surface area contributed by atoms with Gasteiger partial charge in [0.1, 0.15) is 11.6 Å². The smallest absolute Gasteiger partial charge is 0.252 e. The van der Waals surface area contributed by atoms with Gasteiger partial charge in [-0.25, -0.2) is 4.98 Å². The molecule has 88 valence electrons. The number of hydrogen-bond donors (Lipinski definition) is 1. The van der Waals surface area contributed by atoms with Gasteiger partial charge in [-0.1, -0.05) is 6.92 Å². The lowest BCUT2D eigenvalue weighted by molar-refractivity contribution is 0.695. The third kappa shape index (κ3) is 2.84. The van der Waals surface area contributed by atoms with E-state index in [1.54, 1.807) is 6.07 Å². The molecule has 4 nitrogen and oxygen atoms in total. The Balaban J connectivity index is 2.18. The number of aromatic amines is 1. The molecular weight excluding hydrogens is 202 g/mol. The second kappa shape index (κ2) is 4.68. The van der Waals surface area contributed by atoms with Crippen molar-refractivity contribution in [1.29, 1.82) is 0 Å². The Labute approximate surface area is 95.7 Å². The summed E-state index contributed by atoms with van der Waals surface area (Å²) >= 11 is 0. The Bertz CT molecular complexity index is 409. The zero-order valence-electron chi connectivity index (χ0n) is 9.99. The van der Waals surface area contributed by atoms with Crippen LogP contribution in [-0.4, -0.2) is 23.1 Å². The van der Waals surface area contributed by atoms with E-state index in [4.69, 9.17) is 0 Å². The van der Waals surface area contributed by atoms with Crippen LogP contribution in [0.5, 0.6) is 0 Å². The fourth-order valence-electron chi connectivity index (χ4n) is 1.91. The first-order chi connectivity index (χ1) is 7.69. The molecule has 0 unspecified atom stereocenters. The first-order valence-electron chi connectivity index (χ1n) is 6.02. The molecule has 0 aliphatic heterocycles. The standard InChI is InChI=1S/C12H19N3O/c1-3-6-15(8-10-4-5-10)11-7-12(16)14-9(2)13-11/h7,10H,3-6,8H2,1-2H3,(H,13,14,16). The fraction of sp³-hybridized carbons (Fsp3) is 0.667. The molecule has 1 N–H and O–H groups in total. The molecule has 1 fully saturated rings. The van der Waals surface area contributed by atoms with Gasteiger partial charge in [0.05, 0.1) is 0 Å². The van der Waals surface area contributed by atoms with Gasteiger partial charge >= 0.3 is 0 Å². The molecule has 0 amide bonds. The van der Waals surface area contributed by atoms with Crippen molar-refractivity contribution in [2.45, 2.75) is 33.1 Å². The van der Waals surface area contributed by atoms with Crippen LogP contribution in [0.25, 0.3) is 0 Å². The van der Waals surface area contributed by atoms with Crippen LogP contribution < -0.4 is 10.5 Å². The lowest BCUT2D eigenvalue weighted by Crippen LogP contribution is -2.29. The second-order valence-corrected chi connectivity index (χ2v) is 4.58. The largest absolute Gasteiger partial charge is 0.356 e. The third-order valence-electron chi connectivity index (χ3n) is 2.84. The van der Waals surface area contributed by atoms with Crippen molar-refractivity contribution in [1.82, 2.24) is 9.97 Å². The van der Waals surface area contributed by atoms with Crippen LogP contribution in [0.4, 0.5) is 5.82 Å². The molecule has 1 aliphatic carbocycles. The van der Waals surface area contributed by atoms with Crippen molar-refractivity contribution >= 4 is 5.82 Å². The summed E-state index contributed by atoms with van der Waals surface area (Å²) in [6.45, 7) is 6.00. The number of rotatable bonds is 5. The average Bonchev–Trinajstić information content (AvgIpc) is 2.99. The molecule has 1 aromatic heterocycles. The van der Waals surface area contributed by atoms with Crippen molar-refractivity contribution < 1.29 is 0 Å². The van der Waals surface area contributed by atoms with Crippen molar-refractivity contribution in [3.8, 4) is 0 Å². The molecule has 0 radical (unpaired) electrons. The van der Waals surface area contributed by atoms with Gasteiger partial charge in [0, 0.05) is 19.2 Å². The number of H-pyrrole nitrogens is 1. The maximum Gasteiger partial charge on any atom is 0.252 e. The molecule has 16 heavy (non-hydrogen) atoms. The van der Waals surface area contributed by atoms with Crippen LogP contribution in [0.1, 0.15) is 32.0 Å². The van der Waals surface area contributed by atoms with Crippen molar-refractivity contribution in [2.24, 2.45) is 5.92 Å². The van der Waals surface area contributed by atoms with Crippen LogP contribution in [0, 0.1) is 12.8 Å². The van der Waals surface area contributed by atoms with E-state index in [2.05, 4.69) is 21.8 Å². The highest BCUT2D eigenvalue weighted by molar-refractivity contribution is 5.37. The first-order valence-corrected chi connectivity index (χ1v) is 6.02. The molecule has 0 saturated heterocycles. The van der Waals surface area contributed by atoms with E-state index >= 15 is 0 Å². The molecule has 1 aromatic rings. The Hall–Kier alpha value is -1.32. The maximum absolute atomic E-state index is 11.4. The molecule has 0 spiro atoms. The lowest BCUT2D eigenvalue weighted by Gasteiger charge is -2.22. The SMILES string of the molecule is CCCN(CC1CC1)c1cc(=O)[nH]c(C)n1. The Morgan fingerprint density at radius 2 is 2.31 bits per heavy atom. The van der Waals surface area contributed by atoms with E-state index in [1.165, 1.54) is 12.8 Å². The normalized spacial score (nSPS) is 15.1. The number of anilines is 1. The number of nitrogens with zero attached hydrogens (tertiary/aromatic N) is 2. The van der Waals surface area contributed by atoms with Crippen molar-refractivity contribution in [3.63, 3.8) is 0 Å². The average molecular weight is 221 g/mol. The molecular formula is C12H19N3O. The highest BCUT2D eigenvalue weighted by Crippen LogP contribution is 2.30. The van der Waals surface area contributed by atoms with Gasteiger partial charge in [-0.3, -0.25) is 4.79 Å². The van der Waals surface area contributed by atoms with E-state index in [0.717, 1.165) is 31.2 Å². The molecule has 0 bridgehead atoms. The summed E-state index contributed by atoms with van der Waals surface area (Å²) in [7, 11) is 0. The Morgan fingerprint density at radius 1 is 1.56 bits per heavy atom. The molecule has 0 aromatic carbocycles. The molecule has 1 heterocycles. The summed E-state index contributed by atoms with van der Waals surface area (Å²) in [4.78, 5) is 20.7. The first kappa shape index (κ1) is 11.2. The minimum absolute atomic E-state index is 0.0561. The predicted octanol–water partition coefficient (Wildman–Crippen LogP) is 1.70. The topological polar surface area (TPSA) is 49.0 Å². The van der Waals surface area contributed by atoms with Gasteiger partial charge < -0.3 is 9.88 Å². The van der Waals surface area contributed by atoms with Crippen molar-refractivity contribution in [2.75, 3.05) is 18.0 Å².